The normalized spacial score (nSPS) is 14.6. The lowest BCUT2D eigenvalue weighted by molar-refractivity contribution is -0.132. The second-order valence-electron chi connectivity index (χ2n) is 7.63. The Morgan fingerprint density at radius 2 is 1.87 bits per heavy atom. The van der Waals surface area contributed by atoms with Crippen LogP contribution in [0, 0.1) is 24.5 Å². The standard InChI is InChI=1S/C24H26F2N2O3/c1-16-3-4-18(14-20(16)25)15-27-24(30)19-9-11-28(12-10-19)23(29)8-6-17-5-7-22(31-2)21(26)13-17/h3-8,13-14,19H,9-12,15H2,1-2H3,(H,27,30). The van der Waals surface area contributed by atoms with Crippen LogP contribution in [0.5, 0.6) is 5.75 Å². The van der Waals surface area contributed by atoms with E-state index in [0.29, 0.717) is 42.6 Å². The van der Waals surface area contributed by atoms with Gasteiger partial charge in [-0.3, -0.25) is 9.59 Å². The lowest BCUT2D eigenvalue weighted by Crippen LogP contribution is -2.42. The monoisotopic (exact) mass is 428 g/mol. The minimum Gasteiger partial charge on any atom is -0.494 e. The molecule has 1 N–H and O–H groups in total. The Labute approximate surface area is 180 Å². The number of likely N-dealkylation sites (tertiary alicyclic amines) is 1. The van der Waals surface area contributed by atoms with E-state index in [-0.39, 0.29) is 35.8 Å². The highest BCUT2D eigenvalue weighted by atomic mass is 19.1. The van der Waals surface area contributed by atoms with E-state index >= 15 is 0 Å². The van der Waals surface area contributed by atoms with Gasteiger partial charge < -0.3 is 15.0 Å². The summed E-state index contributed by atoms with van der Waals surface area (Å²) in [6, 6.07) is 9.39. The Morgan fingerprint density at radius 3 is 2.52 bits per heavy atom. The molecule has 5 nitrogen and oxygen atoms in total. The first-order chi connectivity index (χ1) is 14.9. The van der Waals surface area contributed by atoms with Crippen LogP contribution in [-0.4, -0.2) is 36.9 Å². The van der Waals surface area contributed by atoms with E-state index in [2.05, 4.69) is 5.32 Å². The predicted octanol–water partition coefficient (Wildman–Crippen LogP) is 3.85. The molecule has 0 bridgehead atoms. The number of methoxy groups -OCH3 is 1. The maximum atomic E-state index is 13.7. The van der Waals surface area contributed by atoms with E-state index in [1.807, 2.05) is 0 Å². The van der Waals surface area contributed by atoms with Gasteiger partial charge in [-0.1, -0.05) is 18.2 Å². The van der Waals surface area contributed by atoms with Gasteiger partial charge in [0.25, 0.3) is 0 Å². The Morgan fingerprint density at radius 1 is 1.13 bits per heavy atom. The quantitative estimate of drug-likeness (QED) is 0.711. The molecule has 2 aromatic carbocycles. The van der Waals surface area contributed by atoms with Crippen LogP contribution in [-0.2, 0) is 16.1 Å². The van der Waals surface area contributed by atoms with E-state index < -0.39 is 5.82 Å². The van der Waals surface area contributed by atoms with Crippen LogP contribution in [0.3, 0.4) is 0 Å². The molecule has 1 saturated heterocycles. The molecule has 0 saturated carbocycles. The first-order valence-corrected chi connectivity index (χ1v) is 10.2. The molecule has 0 spiro atoms. The Bertz CT molecular complexity index is 983. The molecule has 3 rings (SSSR count). The van der Waals surface area contributed by atoms with Crippen LogP contribution in [0.15, 0.2) is 42.5 Å². The van der Waals surface area contributed by atoms with Gasteiger partial charge in [0, 0.05) is 31.6 Å². The molecule has 1 aliphatic heterocycles. The molecule has 1 aliphatic rings. The number of nitrogens with one attached hydrogen (secondary N) is 1. The van der Waals surface area contributed by atoms with E-state index in [4.69, 9.17) is 4.74 Å². The Balaban J connectivity index is 1.46. The van der Waals surface area contributed by atoms with Gasteiger partial charge in [0.05, 0.1) is 7.11 Å². The maximum absolute atomic E-state index is 13.7. The SMILES string of the molecule is COc1ccc(C=CC(=O)N2CCC(C(=O)NCc3ccc(C)c(F)c3)CC2)cc1F. The first kappa shape index (κ1) is 22.5. The summed E-state index contributed by atoms with van der Waals surface area (Å²) in [5.41, 5.74) is 1.84. The van der Waals surface area contributed by atoms with Crippen LogP contribution in [0.2, 0.25) is 0 Å². The fraction of sp³-hybridized carbons (Fsp3) is 0.333. The topological polar surface area (TPSA) is 58.6 Å². The third kappa shape index (κ3) is 5.90. The van der Waals surface area contributed by atoms with Gasteiger partial charge in [0.15, 0.2) is 11.6 Å². The molecule has 0 aliphatic carbocycles. The number of rotatable bonds is 6. The highest BCUT2D eigenvalue weighted by Crippen LogP contribution is 2.20. The van der Waals surface area contributed by atoms with E-state index in [1.165, 1.54) is 31.4 Å². The minimum atomic E-state index is -0.489. The van der Waals surface area contributed by atoms with Crippen LogP contribution in [0.1, 0.15) is 29.5 Å². The summed E-state index contributed by atoms with van der Waals surface area (Å²) in [6.45, 7) is 2.91. The van der Waals surface area contributed by atoms with Crippen LogP contribution < -0.4 is 10.1 Å². The number of hydrogen-bond donors (Lipinski definition) is 1. The third-order valence-corrected chi connectivity index (χ3v) is 5.47. The van der Waals surface area contributed by atoms with Crippen molar-refractivity contribution in [2.24, 2.45) is 5.92 Å². The van der Waals surface area contributed by atoms with E-state index in [1.54, 1.807) is 36.1 Å². The van der Waals surface area contributed by atoms with Gasteiger partial charge in [-0.05, 0) is 60.7 Å². The third-order valence-electron chi connectivity index (χ3n) is 5.47. The minimum absolute atomic E-state index is 0.0858. The van der Waals surface area contributed by atoms with Crippen molar-refractivity contribution in [1.29, 1.82) is 0 Å². The fourth-order valence-corrected chi connectivity index (χ4v) is 3.50. The molecule has 2 aromatic rings. The summed E-state index contributed by atoms with van der Waals surface area (Å²) < 4.78 is 32.2. The zero-order valence-corrected chi connectivity index (χ0v) is 17.7. The number of benzene rings is 2. The van der Waals surface area contributed by atoms with Gasteiger partial charge >= 0.3 is 0 Å². The molecular formula is C24H26F2N2O3. The van der Waals surface area contributed by atoms with Crippen LogP contribution in [0.4, 0.5) is 8.78 Å². The van der Waals surface area contributed by atoms with Crippen molar-refractivity contribution in [3.05, 3.63) is 70.8 Å². The zero-order chi connectivity index (χ0) is 22.4. The molecule has 1 heterocycles. The van der Waals surface area contributed by atoms with Crippen molar-refractivity contribution in [3.63, 3.8) is 0 Å². The van der Waals surface area contributed by atoms with Crippen LogP contribution >= 0.6 is 0 Å². The maximum Gasteiger partial charge on any atom is 0.246 e. The number of nitrogens with zero attached hydrogens (tertiary/aromatic N) is 1. The van der Waals surface area contributed by atoms with Crippen molar-refractivity contribution >= 4 is 17.9 Å². The average molecular weight is 428 g/mol. The zero-order valence-electron chi connectivity index (χ0n) is 17.7. The summed E-state index contributed by atoms with van der Waals surface area (Å²) in [4.78, 5) is 26.5. The Hall–Kier alpha value is -3.22. The molecule has 31 heavy (non-hydrogen) atoms. The number of amides is 2. The van der Waals surface area contributed by atoms with Crippen molar-refractivity contribution in [1.82, 2.24) is 10.2 Å². The second kappa shape index (κ2) is 10.2. The predicted molar refractivity (Wildman–Crippen MR) is 114 cm³/mol. The molecule has 0 unspecified atom stereocenters. The van der Waals surface area contributed by atoms with Crippen molar-refractivity contribution < 1.29 is 23.1 Å². The van der Waals surface area contributed by atoms with Crippen molar-refractivity contribution in [2.75, 3.05) is 20.2 Å². The number of aryl methyl sites for hydroxylation is 1. The molecule has 1 fully saturated rings. The summed E-state index contributed by atoms with van der Waals surface area (Å²) in [5, 5.41) is 2.85. The van der Waals surface area contributed by atoms with Crippen LogP contribution in [0.25, 0.3) is 6.08 Å². The number of piperidine rings is 1. The molecule has 2 amide bonds. The number of halogens is 2. The molecule has 7 heteroatoms. The number of ether oxygens (including phenoxy) is 1. The van der Waals surface area contributed by atoms with E-state index in [9.17, 15) is 18.4 Å². The molecule has 0 radical (unpaired) electrons. The fourth-order valence-electron chi connectivity index (χ4n) is 3.50. The molecule has 0 aromatic heterocycles. The number of carbonyl (C=O) groups is 2. The van der Waals surface area contributed by atoms with Gasteiger partial charge in [-0.25, -0.2) is 8.78 Å². The molecular weight excluding hydrogens is 402 g/mol. The van der Waals surface area contributed by atoms with Gasteiger partial charge in [-0.15, -0.1) is 0 Å². The largest absolute Gasteiger partial charge is 0.494 e. The smallest absolute Gasteiger partial charge is 0.246 e. The average Bonchev–Trinajstić information content (AvgIpc) is 2.78. The summed E-state index contributed by atoms with van der Waals surface area (Å²) in [7, 11) is 1.39. The van der Waals surface area contributed by atoms with E-state index in [0.717, 1.165) is 0 Å². The Kier molecular flexibility index (Phi) is 7.39. The highest BCUT2D eigenvalue weighted by Gasteiger charge is 2.26. The summed E-state index contributed by atoms with van der Waals surface area (Å²) in [5.74, 6) is -1.07. The second-order valence-corrected chi connectivity index (χ2v) is 7.63. The summed E-state index contributed by atoms with van der Waals surface area (Å²) >= 11 is 0. The summed E-state index contributed by atoms with van der Waals surface area (Å²) in [6.07, 6.45) is 4.09. The number of carbonyl (C=O) groups excluding carboxylic acids is 2. The van der Waals surface area contributed by atoms with Gasteiger partial charge in [0.2, 0.25) is 11.8 Å². The van der Waals surface area contributed by atoms with Gasteiger partial charge in [0.1, 0.15) is 5.82 Å². The number of hydrogen-bond acceptors (Lipinski definition) is 3. The molecule has 164 valence electrons. The highest BCUT2D eigenvalue weighted by molar-refractivity contribution is 5.92. The lowest BCUT2D eigenvalue weighted by atomic mass is 9.95. The van der Waals surface area contributed by atoms with Crippen molar-refractivity contribution in [2.45, 2.75) is 26.3 Å². The van der Waals surface area contributed by atoms with Gasteiger partial charge in [-0.2, -0.15) is 0 Å². The van der Waals surface area contributed by atoms with Crippen molar-refractivity contribution in [3.8, 4) is 5.75 Å². The lowest BCUT2D eigenvalue weighted by Gasteiger charge is -2.30. The first-order valence-electron chi connectivity index (χ1n) is 10.2. The molecule has 0 atom stereocenters.